The summed E-state index contributed by atoms with van der Waals surface area (Å²) in [4.78, 5) is 8.62. The molecule has 2 heterocycles. The smallest absolute Gasteiger partial charge is 0.191 e. The average molecular weight is 323 g/mol. The van der Waals surface area contributed by atoms with Crippen LogP contribution in [0.2, 0.25) is 0 Å². The van der Waals surface area contributed by atoms with Crippen molar-refractivity contribution < 1.29 is 0 Å². The number of hydrogen-bond donors (Lipinski definition) is 2. The third-order valence-electron chi connectivity index (χ3n) is 3.92. The molecule has 0 saturated carbocycles. The first kappa shape index (κ1) is 17.3. The minimum atomic E-state index is 0.646. The van der Waals surface area contributed by atoms with Crippen LogP contribution in [-0.4, -0.2) is 43.1 Å². The number of guanidine groups is 1. The van der Waals surface area contributed by atoms with Crippen molar-refractivity contribution in [2.24, 2.45) is 10.9 Å². The highest BCUT2D eigenvalue weighted by atomic mass is 32.1. The summed E-state index contributed by atoms with van der Waals surface area (Å²) in [6.07, 6.45) is 2.62. The monoisotopic (exact) mass is 322 g/mol. The molecule has 1 aromatic heterocycles. The number of nitrogens with one attached hydrogen (secondary N) is 2. The molecule has 1 saturated heterocycles. The predicted molar refractivity (Wildman–Crippen MR) is 96.6 cm³/mol. The Hall–Kier alpha value is -1.07. The lowest BCUT2D eigenvalue weighted by Crippen LogP contribution is -2.45. The summed E-state index contributed by atoms with van der Waals surface area (Å²) in [5.41, 5.74) is 0. The van der Waals surface area contributed by atoms with E-state index in [-0.39, 0.29) is 0 Å². The molecule has 1 aromatic rings. The standard InChI is InChI=1S/C17H30N4S/c1-4-18-17(20-12-16-8-6-10-22-16)19-11-15-7-5-9-21(15)13-14(2)3/h6,8,10,14-15H,4-5,7,9,11-13H2,1-3H3,(H2,18,19,20)/t15-/m1/s1. The van der Waals surface area contributed by atoms with Crippen molar-refractivity contribution in [3.05, 3.63) is 22.4 Å². The van der Waals surface area contributed by atoms with Crippen LogP contribution >= 0.6 is 11.3 Å². The highest BCUT2D eigenvalue weighted by Gasteiger charge is 2.24. The molecule has 124 valence electrons. The van der Waals surface area contributed by atoms with Gasteiger partial charge in [0, 0.05) is 30.6 Å². The van der Waals surface area contributed by atoms with Gasteiger partial charge in [-0.05, 0) is 43.7 Å². The Kier molecular flexibility index (Phi) is 7.19. The van der Waals surface area contributed by atoms with Crippen LogP contribution in [0.3, 0.4) is 0 Å². The van der Waals surface area contributed by atoms with Gasteiger partial charge in [-0.3, -0.25) is 4.90 Å². The summed E-state index contributed by atoms with van der Waals surface area (Å²) in [5.74, 6) is 1.67. The highest BCUT2D eigenvalue weighted by Crippen LogP contribution is 2.18. The third kappa shape index (κ3) is 5.61. The van der Waals surface area contributed by atoms with Crippen LogP contribution in [0.25, 0.3) is 0 Å². The van der Waals surface area contributed by atoms with E-state index in [1.165, 1.54) is 30.8 Å². The Morgan fingerprint density at radius 2 is 2.32 bits per heavy atom. The van der Waals surface area contributed by atoms with E-state index in [1.807, 2.05) is 0 Å². The summed E-state index contributed by atoms with van der Waals surface area (Å²) in [5, 5.41) is 8.98. The van der Waals surface area contributed by atoms with Crippen LogP contribution in [-0.2, 0) is 6.54 Å². The first-order chi connectivity index (χ1) is 10.7. The molecular weight excluding hydrogens is 292 g/mol. The number of thiophene rings is 1. The third-order valence-corrected chi connectivity index (χ3v) is 4.78. The Labute approximate surface area is 139 Å². The lowest BCUT2D eigenvalue weighted by atomic mass is 10.1. The lowest BCUT2D eigenvalue weighted by Gasteiger charge is -2.27. The summed E-state index contributed by atoms with van der Waals surface area (Å²) < 4.78 is 0. The van der Waals surface area contributed by atoms with Gasteiger partial charge in [-0.15, -0.1) is 11.3 Å². The average Bonchev–Trinajstić information content (AvgIpc) is 3.13. The maximum absolute atomic E-state index is 4.69. The van der Waals surface area contributed by atoms with E-state index in [1.54, 1.807) is 11.3 Å². The molecule has 1 fully saturated rings. The summed E-state index contributed by atoms with van der Waals surface area (Å²) in [6, 6.07) is 4.87. The molecule has 2 N–H and O–H groups in total. The summed E-state index contributed by atoms with van der Waals surface area (Å²) in [6.45, 7) is 11.8. The van der Waals surface area contributed by atoms with Gasteiger partial charge in [-0.25, -0.2) is 4.99 Å². The molecule has 0 aliphatic carbocycles. The second-order valence-electron chi connectivity index (χ2n) is 6.34. The normalized spacial score (nSPS) is 19.8. The number of nitrogens with zero attached hydrogens (tertiary/aromatic N) is 2. The predicted octanol–water partition coefficient (Wildman–Crippen LogP) is 2.92. The van der Waals surface area contributed by atoms with E-state index in [0.717, 1.165) is 31.5 Å². The van der Waals surface area contributed by atoms with E-state index < -0.39 is 0 Å². The zero-order valence-corrected chi connectivity index (χ0v) is 15.0. The van der Waals surface area contributed by atoms with Crippen molar-refractivity contribution in [2.45, 2.75) is 46.2 Å². The second-order valence-corrected chi connectivity index (χ2v) is 7.37. The van der Waals surface area contributed by atoms with E-state index >= 15 is 0 Å². The zero-order chi connectivity index (χ0) is 15.8. The van der Waals surface area contributed by atoms with Crippen molar-refractivity contribution in [3.63, 3.8) is 0 Å². The first-order valence-corrected chi connectivity index (χ1v) is 9.35. The van der Waals surface area contributed by atoms with Crippen molar-refractivity contribution >= 4 is 17.3 Å². The second kappa shape index (κ2) is 9.16. The highest BCUT2D eigenvalue weighted by molar-refractivity contribution is 7.09. The molecule has 2 rings (SSSR count). The molecule has 4 nitrogen and oxygen atoms in total. The Morgan fingerprint density at radius 3 is 3.00 bits per heavy atom. The van der Waals surface area contributed by atoms with Crippen molar-refractivity contribution in [2.75, 3.05) is 26.2 Å². The lowest BCUT2D eigenvalue weighted by molar-refractivity contribution is 0.226. The van der Waals surface area contributed by atoms with Gasteiger partial charge in [0.05, 0.1) is 6.54 Å². The van der Waals surface area contributed by atoms with Gasteiger partial charge >= 0.3 is 0 Å². The summed E-state index contributed by atoms with van der Waals surface area (Å²) >= 11 is 1.76. The van der Waals surface area contributed by atoms with Gasteiger partial charge < -0.3 is 10.6 Å². The van der Waals surface area contributed by atoms with Crippen LogP contribution in [0, 0.1) is 5.92 Å². The van der Waals surface area contributed by atoms with E-state index in [2.05, 4.69) is 58.8 Å². The number of hydrogen-bond acceptors (Lipinski definition) is 3. The molecule has 0 radical (unpaired) electrons. The minimum Gasteiger partial charge on any atom is -0.357 e. The maximum atomic E-state index is 4.69. The Balaban J connectivity index is 1.84. The summed E-state index contributed by atoms with van der Waals surface area (Å²) in [7, 11) is 0. The fraction of sp³-hybridized carbons (Fsp3) is 0.706. The Morgan fingerprint density at radius 1 is 1.45 bits per heavy atom. The van der Waals surface area contributed by atoms with Gasteiger partial charge in [0.2, 0.25) is 0 Å². The molecule has 0 spiro atoms. The fourth-order valence-corrected chi connectivity index (χ4v) is 3.58. The zero-order valence-electron chi connectivity index (χ0n) is 14.1. The van der Waals surface area contributed by atoms with Crippen molar-refractivity contribution in [3.8, 4) is 0 Å². The van der Waals surface area contributed by atoms with E-state index in [9.17, 15) is 0 Å². The topological polar surface area (TPSA) is 39.7 Å². The van der Waals surface area contributed by atoms with Gasteiger partial charge in [-0.1, -0.05) is 19.9 Å². The molecule has 1 aliphatic heterocycles. The SMILES string of the molecule is CCNC(=NCc1cccs1)NC[C@H]1CCCN1CC(C)C. The van der Waals surface area contributed by atoms with E-state index in [0.29, 0.717) is 6.04 Å². The van der Waals surface area contributed by atoms with Crippen LogP contribution in [0.4, 0.5) is 0 Å². The van der Waals surface area contributed by atoms with Crippen molar-refractivity contribution in [1.29, 1.82) is 0 Å². The number of aliphatic imine (C=N–C) groups is 1. The van der Waals surface area contributed by atoms with Crippen LogP contribution < -0.4 is 10.6 Å². The largest absolute Gasteiger partial charge is 0.357 e. The van der Waals surface area contributed by atoms with Gasteiger partial charge in [0.15, 0.2) is 5.96 Å². The van der Waals surface area contributed by atoms with Crippen LogP contribution in [0.15, 0.2) is 22.5 Å². The molecule has 22 heavy (non-hydrogen) atoms. The molecule has 0 unspecified atom stereocenters. The molecule has 1 atom stereocenters. The quantitative estimate of drug-likeness (QED) is 0.599. The van der Waals surface area contributed by atoms with Gasteiger partial charge in [-0.2, -0.15) is 0 Å². The van der Waals surface area contributed by atoms with E-state index in [4.69, 9.17) is 0 Å². The molecule has 0 aromatic carbocycles. The molecule has 0 bridgehead atoms. The Bertz CT molecular complexity index is 442. The van der Waals surface area contributed by atoms with Crippen LogP contribution in [0.1, 0.15) is 38.5 Å². The number of rotatable bonds is 7. The van der Waals surface area contributed by atoms with Gasteiger partial charge in [0.25, 0.3) is 0 Å². The molecule has 1 aliphatic rings. The van der Waals surface area contributed by atoms with Crippen LogP contribution in [0.5, 0.6) is 0 Å². The molecule has 0 amide bonds. The number of likely N-dealkylation sites (tertiary alicyclic amines) is 1. The van der Waals surface area contributed by atoms with Crippen molar-refractivity contribution in [1.82, 2.24) is 15.5 Å². The van der Waals surface area contributed by atoms with Gasteiger partial charge in [0.1, 0.15) is 0 Å². The first-order valence-electron chi connectivity index (χ1n) is 8.47. The minimum absolute atomic E-state index is 0.646. The maximum Gasteiger partial charge on any atom is 0.191 e. The molecule has 5 heteroatoms. The molecular formula is C17H30N4S. The fourth-order valence-electron chi connectivity index (χ4n) is 2.95.